The first kappa shape index (κ1) is 16.3. The Morgan fingerprint density at radius 2 is 2.09 bits per heavy atom. The van der Waals surface area contributed by atoms with Crippen molar-refractivity contribution in [2.24, 2.45) is 5.92 Å². The van der Waals surface area contributed by atoms with Crippen molar-refractivity contribution in [3.8, 4) is 0 Å². The van der Waals surface area contributed by atoms with Crippen molar-refractivity contribution < 1.29 is 0 Å². The number of anilines is 2. The average molecular weight is 330 g/mol. The molecule has 1 aromatic carbocycles. The molecule has 0 radical (unpaired) electrons. The number of nitrogens with zero attached hydrogens (tertiary/aromatic N) is 1. The highest BCUT2D eigenvalue weighted by Gasteiger charge is 2.26. The molecular weight excluding hydrogens is 306 g/mol. The van der Waals surface area contributed by atoms with E-state index in [1.807, 2.05) is 30.5 Å². The van der Waals surface area contributed by atoms with Crippen LogP contribution in [0.15, 0.2) is 36.5 Å². The molecule has 0 bridgehead atoms. The van der Waals surface area contributed by atoms with Crippen LogP contribution in [0.1, 0.15) is 43.7 Å². The fourth-order valence-electron chi connectivity index (χ4n) is 2.70. The molecule has 2 aromatic rings. The molecule has 1 heterocycles. The molecule has 0 spiro atoms. The number of rotatable bonds is 7. The molecule has 0 atom stereocenters. The molecule has 0 unspecified atom stereocenters. The van der Waals surface area contributed by atoms with Crippen molar-refractivity contribution in [3.05, 3.63) is 52.7 Å². The van der Waals surface area contributed by atoms with Crippen LogP contribution in [0, 0.1) is 5.92 Å². The minimum absolute atomic E-state index is 0.663. The van der Waals surface area contributed by atoms with Crippen LogP contribution in [0.2, 0.25) is 5.02 Å². The number of pyridine rings is 1. The second-order valence-corrected chi connectivity index (χ2v) is 7.14. The molecule has 1 saturated carbocycles. The van der Waals surface area contributed by atoms with Crippen LogP contribution in [-0.2, 0) is 6.54 Å². The third-order valence-electron chi connectivity index (χ3n) is 4.00. The number of nitrogens with one attached hydrogen (secondary N) is 2. The highest BCUT2D eigenvalue weighted by molar-refractivity contribution is 6.30. The Morgan fingerprint density at radius 3 is 2.78 bits per heavy atom. The van der Waals surface area contributed by atoms with Crippen LogP contribution in [0.4, 0.5) is 11.5 Å². The van der Waals surface area contributed by atoms with Gasteiger partial charge in [-0.15, -0.1) is 0 Å². The Kier molecular flexibility index (Phi) is 5.19. The van der Waals surface area contributed by atoms with Crippen molar-refractivity contribution in [1.82, 2.24) is 10.3 Å². The lowest BCUT2D eigenvalue weighted by Crippen LogP contribution is -2.20. The van der Waals surface area contributed by atoms with Gasteiger partial charge in [-0.3, -0.25) is 0 Å². The molecule has 0 amide bonds. The first-order valence-electron chi connectivity index (χ1n) is 8.34. The third-order valence-corrected chi connectivity index (χ3v) is 4.24. The van der Waals surface area contributed by atoms with E-state index in [0.29, 0.717) is 11.8 Å². The second-order valence-electron chi connectivity index (χ2n) is 6.70. The summed E-state index contributed by atoms with van der Waals surface area (Å²) in [5, 5.41) is 7.60. The molecule has 0 saturated heterocycles. The monoisotopic (exact) mass is 329 g/mol. The van der Waals surface area contributed by atoms with E-state index >= 15 is 0 Å². The topological polar surface area (TPSA) is 37.0 Å². The van der Waals surface area contributed by atoms with Gasteiger partial charge in [-0.2, -0.15) is 0 Å². The summed E-state index contributed by atoms with van der Waals surface area (Å²) in [4.78, 5) is 4.58. The third kappa shape index (κ3) is 4.69. The van der Waals surface area contributed by atoms with Crippen LogP contribution >= 0.6 is 11.6 Å². The lowest BCUT2D eigenvalue weighted by Gasteiger charge is -2.14. The molecule has 2 N–H and O–H groups in total. The van der Waals surface area contributed by atoms with Crippen molar-refractivity contribution in [1.29, 1.82) is 0 Å². The van der Waals surface area contributed by atoms with Gasteiger partial charge < -0.3 is 10.6 Å². The van der Waals surface area contributed by atoms with Crippen molar-refractivity contribution >= 4 is 23.1 Å². The summed E-state index contributed by atoms with van der Waals surface area (Å²) in [5.74, 6) is 2.26. The quantitative estimate of drug-likeness (QED) is 0.741. The SMILES string of the molecule is CC(C)CNCc1cnc(Nc2cccc(Cl)c2)cc1C1CC1. The Morgan fingerprint density at radius 1 is 1.26 bits per heavy atom. The van der Waals surface area contributed by atoms with Gasteiger partial charge in [0.2, 0.25) is 0 Å². The largest absolute Gasteiger partial charge is 0.340 e. The Hall–Kier alpha value is -1.58. The van der Waals surface area contributed by atoms with Gasteiger partial charge in [-0.25, -0.2) is 4.98 Å². The van der Waals surface area contributed by atoms with Crippen LogP contribution in [0.3, 0.4) is 0 Å². The maximum atomic E-state index is 6.04. The van der Waals surface area contributed by atoms with E-state index < -0.39 is 0 Å². The summed E-state index contributed by atoms with van der Waals surface area (Å²) in [6.45, 7) is 6.39. The minimum atomic E-state index is 0.663. The zero-order valence-corrected chi connectivity index (χ0v) is 14.5. The zero-order valence-electron chi connectivity index (χ0n) is 13.8. The zero-order chi connectivity index (χ0) is 16.2. The van der Waals surface area contributed by atoms with Crippen molar-refractivity contribution in [2.75, 3.05) is 11.9 Å². The van der Waals surface area contributed by atoms with Crippen LogP contribution in [-0.4, -0.2) is 11.5 Å². The molecular formula is C19H24ClN3. The van der Waals surface area contributed by atoms with Crippen LogP contribution in [0.5, 0.6) is 0 Å². The van der Waals surface area contributed by atoms with E-state index in [0.717, 1.165) is 29.6 Å². The molecule has 0 aliphatic heterocycles. The number of halogens is 1. The maximum absolute atomic E-state index is 6.04. The number of benzene rings is 1. The number of aromatic nitrogens is 1. The van der Waals surface area contributed by atoms with E-state index in [4.69, 9.17) is 11.6 Å². The Balaban J connectivity index is 1.74. The summed E-state index contributed by atoms with van der Waals surface area (Å²) >= 11 is 6.04. The van der Waals surface area contributed by atoms with Crippen LogP contribution in [0.25, 0.3) is 0 Å². The molecule has 1 aliphatic rings. The summed E-state index contributed by atoms with van der Waals surface area (Å²) in [6.07, 6.45) is 4.59. The van der Waals surface area contributed by atoms with Gasteiger partial charge in [-0.1, -0.05) is 31.5 Å². The lowest BCUT2D eigenvalue weighted by atomic mass is 10.1. The van der Waals surface area contributed by atoms with Gasteiger partial charge >= 0.3 is 0 Å². The first-order valence-corrected chi connectivity index (χ1v) is 8.71. The maximum Gasteiger partial charge on any atom is 0.130 e. The van der Waals surface area contributed by atoms with E-state index in [1.54, 1.807) is 0 Å². The molecule has 1 aliphatic carbocycles. The van der Waals surface area contributed by atoms with Gasteiger partial charge in [0.25, 0.3) is 0 Å². The number of hydrogen-bond donors (Lipinski definition) is 2. The Bertz CT molecular complexity index is 665. The van der Waals surface area contributed by atoms with Gasteiger partial charge in [0, 0.05) is 23.5 Å². The molecule has 1 aromatic heterocycles. The molecule has 4 heteroatoms. The van der Waals surface area contributed by atoms with Gasteiger partial charge in [0.05, 0.1) is 0 Å². The average Bonchev–Trinajstić information content (AvgIpc) is 3.33. The van der Waals surface area contributed by atoms with E-state index in [1.165, 1.54) is 24.0 Å². The van der Waals surface area contributed by atoms with Gasteiger partial charge in [-0.05, 0) is 66.6 Å². The second kappa shape index (κ2) is 7.33. The van der Waals surface area contributed by atoms with Crippen molar-refractivity contribution in [2.45, 2.75) is 39.2 Å². The van der Waals surface area contributed by atoms with E-state index in [9.17, 15) is 0 Å². The summed E-state index contributed by atoms with van der Waals surface area (Å²) < 4.78 is 0. The number of hydrogen-bond acceptors (Lipinski definition) is 3. The normalized spacial score (nSPS) is 14.3. The van der Waals surface area contributed by atoms with E-state index in [-0.39, 0.29) is 0 Å². The molecule has 3 rings (SSSR count). The van der Waals surface area contributed by atoms with Crippen LogP contribution < -0.4 is 10.6 Å². The van der Waals surface area contributed by atoms with Crippen molar-refractivity contribution in [3.63, 3.8) is 0 Å². The lowest BCUT2D eigenvalue weighted by molar-refractivity contribution is 0.550. The molecule has 1 fully saturated rings. The smallest absolute Gasteiger partial charge is 0.130 e. The fourth-order valence-corrected chi connectivity index (χ4v) is 2.89. The Labute approximate surface area is 143 Å². The standard InChI is InChI=1S/C19H24ClN3/c1-13(2)10-21-11-15-12-22-19(9-18(15)14-6-7-14)23-17-5-3-4-16(20)8-17/h3-5,8-9,12-14,21H,6-7,10-11H2,1-2H3,(H,22,23). The molecule has 3 nitrogen and oxygen atoms in total. The fraction of sp³-hybridized carbons (Fsp3) is 0.421. The molecule has 23 heavy (non-hydrogen) atoms. The van der Waals surface area contributed by atoms with E-state index in [2.05, 4.69) is 35.5 Å². The summed E-state index contributed by atoms with van der Waals surface area (Å²) in [6, 6.07) is 9.93. The minimum Gasteiger partial charge on any atom is -0.340 e. The predicted molar refractivity (Wildman–Crippen MR) is 97.5 cm³/mol. The van der Waals surface area contributed by atoms with Gasteiger partial charge in [0.1, 0.15) is 5.82 Å². The summed E-state index contributed by atoms with van der Waals surface area (Å²) in [5.41, 5.74) is 3.73. The highest BCUT2D eigenvalue weighted by atomic mass is 35.5. The summed E-state index contributed by atoms with van der Waals surface area (Å²) in [7, 11) is 0. The highest BCUT2D eigenvalue weighted by Crippen LogP contribution is 2.42. The predicted octanol–water partition coefficient (Wildman–Crippen LogP) is 5.10. The first-order chi connectivity index (χ1) is 11.1. The molecule has 122 valence electrons. The van der Waals surface area contributed by atoms with Gasteiger partial charge in [0.15, 0.2) is 0 Å².